The van der Waals surface area contributed by atoms with Crippen LogP contribution in [-0.4, -0.2) is 4.57 Å². The fourth-order valence-corrected chi connectivity index (χ4v) is 10.8. The number of allylic oxidation sites excluding steroid dienone is 1. The first-order valence-corrected chi connectivity index (χ1v) is 18.4. The molecule has 0 fully saturated rings. The van der Waals surface area contributed by atoms with Gasteiger partial charge >= 0.3 is 0 Å². The molecule has 2 heteroatoms. The van der Waals surface area contributed by atoms with Gasteiger partial charge in [0.1, 0.15) is 0 Å². The van der Waals surface area contributed by atoms with E-state index in [1.165, 1.54) is 104 Å². The Morgan fingerprint density at radius 1 is 0.633 bits per heavy atom. The summed E-state index contributed by atoms with van der Waals surface area (Å²) >= 11 is 1.96. The van der Waals surface area contributed by atoms with E-state index >= 15 is 0 Å². The van der Waals surface area contributed by atoms with E-state index < -0.39 is 0 Å². The molecule has 3 aliphatic carbocycles. The van der Waals surface area contributed by atoms with Crippen molar-refractivity contribution in [2.24, 2.45) is 0 Å². The summed E-state index contributed by atoms with van der Waals surface area (Å²) in [7, 11) is 0. The zero-order chi connectivity index (χ0) is 32.6. The smallest absolute Gasteiger partial charge is 0.0547 e. The van der Waals surface area contributed by atoms with Crippen LogP contribution in [0.1, 0.15) is 71.4 Å². The van der Waals surface area contributed by atoms with Crippen molar-refractivity contribution in [2.75, 3.05) is 0 Å². The average Bonchev–Trinajstić information content (AvgIpc) is 3.85. The highest BCUT2D eigenvalue weighted by Crippen LogP contribution is 2.52. The molecule has 234 valence electrons. The van der Waals surface area contributed by atoms with Crippen LogP contribution in [0.2, 0.25) is 0 Å². The molecule has 1 atom stereocenters. The summed E-state index contributed by atoms with van der Waals surface area (Å²) in [6.45, 7) is 7.13. The lowest BCUT2D eigenvalue weighted by molar-refractivity contribution is 0.661. The molecule has 0 N–H and O–H groups in total. The van der Waals surface area contributed by atoms with E-state index in [4.69, 9.17) is 0 Å². The largest absolute Gasteiger partial charge is 0.309 e. The number of thiophene rings is 1. The van der Waals surface area contributed by atoms with Crippen molar-refractivity contribution in [3.05, 3.63) is 166 Å². The van der Waals surface area contributed by atoms with Crippen molar-refractivity contribution in [3.63, 3.8) is 0 Å². The predicted octanol–water partition coefficient (Wildman–Crippen LogP) is 12.8. The summed E-state index contributed by atoms with van der Waals surface area (Å²) in [6.07, 6.45) is 4.55. The number of rotatable bonds is 2. The Balaban J connectivity index is 1.05. The van der Waals surface area contributed by atoms with Crippen LogP contribution in [0.15, 0.2) is 127 Å². The van der Waals surface area contributed by atoms with Crippen molar-refractivity contribution in [3.8, 4) is 27.9 Å². The number of para-hydroxylation sites is 1. The lowest BCUT2D eigenvalue weighted by Gasteiger charge is -2.21. The van der Waals surface area contributed by atoms with E-state index in [1.54, 1.807) is 0 Å². The Kier molecular flexibility index (Phi) is 5.50. The van der Waals surface area contributed by atoms with Crippen molar-refractivity contribution in [1.29, 1.82) is 0 Å². The fraction of sp³-hybridized carbons (Fsp3) is 0.149. The van der Waals surface area contributed by atoms with Gasteiger partial charge in [0.25, 0.3) is 0 Å². The first kappa shape index (κ1) is 27.7. The van der Waals surface area contributed by atoms with Crippen LogP contribution in [0.3, 0.4) is 0 Å². The molecule has 8 aromatic rings. The maximum atomic E-state index is 2.50. The number of aromatic nitrogens is 1. The third-order valence-corrected chi connectivity index (χ3v) is 13.1. The maximum absolute atomic E-state index is 2.50. The second kappa shape index (κ2) is 9.71. The van der Waals surface area contributed by atoms with Gasteiger partial charge in [0.2, 0.25) is 0 Å². The molecule has 0 spiro atoms. The normalized spacial score (nSPS) is 16.8. The zero-order valence-electron chi connectivity index (χ0n) is 28.0. The molecule has 0 saturated heterocycles. The summed E-state index contributed by atoms with van der Waals surface area (Å²) in [5, 5.41) is 4.08. The topological polar surface area (TPSA) is 4.93 Å². The summed E-state index contributed by atoms with van der Waals surface area (Å²) in [4.78, 5) is 1.46. The highest BCUT2D eigenvalue weighted by Gasteiger charge is 2.36. The predicted molar refractivity (Wildman–Crippen MR) is 209 cm³/mol. The minimum absolute atomic E-state index is 0.0218. The molecular formula is C47H35NS. The van der Waals surface area contributed by atoms with Crippen LogP contribution in [-0.2, 0) is 11.8 Å². The Morgan fingerprint density at radius 2 is 1.45 bits per heavy atom. The van der Waals surface area contributed by atoms with Gasteiger partial charge in [0.05, 0.1) is 11.0 Å². The molecule has 2 aromatic heterocycles. The molecule has 3 aliphatic rings. The van der Waals surface area contributed by atoms with E-state index in [-0.39, 0.29) is 5.41 Å². The molecule has 0 radical (unpaired) electrons. The van der Waals surface area contributed by atoms with Crippen molar-refractivity contribution >= 4 is 48.8 Å². The zero-order valence-corrected chi connectivity index (χ0v) is 28.8. The first-order chi connectivity index (χ1) is 24.0. The molecule has 0 aliphatic heterocycles. The van der Waals surface area contributed by atoms with E-state index in [0.29, 0.717) is 5.92 Å². The Morgan fingerprint density at radius 3 is 2.37 bits per heavy atom. The molecule has 2 heterocycles. The second-order valence-corrected chi connectivity index (χ2v) is 16.0. The van der Waals surface area contributed by atoms with Gasteiger partial charge in [0, 0.05) is 31.5 Å². The third-order valence-electron chi connectivity index (χ3n) is 11.9. The lowest BCUT2D eigenvalue weighted by Crippen LogP contribution is -2.14. The molecule has 0 amide bonds. The molecule has 1 nitrogen and oxygen atoms in total. The van der Waals surface area contributed by atoms with Crippen LogP contribution in [0.25, 0.3) is 65.4 Å². The van der Waals surface area contributed by atoms with E-state index in [0.717, 1.165) is 12.8 Å². The highest BCUT2D eigenvalue weighted by atomic mass is 32.1. The van der Waals surface area contributed by atoms with Gasteiger partial charge in [-0.25, -0.2) is 0 Å². The minimum Gasteiger partial charge on any atom is -0.309 e. The fourth-order valence-electron chi connectivity index (χ4n) is 9.43. The third kappa shape index (κ3) is 3.70. The van der Waals surface area contributed by atoms with Crippen LogP contribution in [0.4, 0.5) is 0 Å². The van der Waals surface area contributed by atoms with Crippen LogP contribution >= 0.6 is 11.3 Å². The van der Waals surface area contributed by atoms with Gasteiger partial charge in [-0.3, -0.25) is 0 Å². The molecule has 6 aromatic carbocycles. The summed E-state index contributed by atoms with van der Waals surface area (Å²) < 4.78 is 3.90. The monoisotopic (exact) mass is 645 g/mol. The number of hydrogen-bond acceptors (Lipinski definition) is 1. The number of nitrogens with zero attached hydrogens (tertiary/aromatic N) is 1. The van der Waals surface area contributed by atoms with Crippen molar-refractivity contribution in [1.82, 2.24) is 4.57 Å². The maximum Gasteiger partial charge on any atom is 0.0547 e. The molecule has 49 heavy (non-hydrogen) atoms. The van der Waals surface area contributed by atoms with E-state index in [9.17, 15) is 0 Å². The summed E-state index contributed by atoms with van der Waals surface area (Å²) in [5.41, 5.74) is 19.2. The van der Waals surface area contributed by atoms with Gasteiger partial charge in [0.15, 0.2) is 0 Å². The molecule has 0 bridgehead atoms. The Hall–Kier alpha value is -5.18. The van der Waals surface area contributed by atoms with Gasteiger partial charge in [-0.15, -0.1) is 11.3 Å². The summed E-state index contributed by atoms with van der Waals surface area (Å²) in [5.74, 6) is 0.548. The molecular weight excluding hydrogens is 611 g/mol. The Bertz CT molecular complexity index is 2760. The van der Waals surface area contributed by atoms with Gasteiger partial charge in [-0.2, -0.15) is 0 Å². The van der Waals surface area contributed by atoms with E-state index in [1.807, 2.05) is 11.3 Å². The molecule has 0 saturated carbocycles. The molecule has 11 rings (SSSR count). The minimum atomic E-state index is -0.0218. The van der Waals surface area contributed by atoms with Crippen LogP contribution in [0.5, 0.6) is 0 Å². The number of fused-ring (bicyclic) bond motifs is 12. The lowest BCUT2D eigenvalue weighted by atomic mass is 9.82. The first-order valence-electron chi connectivity index (χ1n) is 17.6. The van der Waals surface area contributed by atoms with Crippen LogP contribution in [0, 0.1) is 0 Å². The van der Waals surface area contributed by atoms with Crippen LogP contribution < -0.4 is 0 Å². The average molecular weight is 646 g/mol. The van der Waals surface area contributed by atoms with Crippen molar-refractivity contribution in [2.45, 2.75) is 44.9 Å². The van der Waals surface area contributed by atoms with Gasteiger partial charge in [-0.1, -0.05) is 106 Å². The van der Waals surface area contributed by atoms with E-state index in [2.05, 4.69) is 153 Å². The second-order valence-electron chi connectivity index (χ2n) is 14.9. The SMILES string of the molecule is CC1CC=C(c2ccc3c(c2)-c2ccc(-n4c5ccccc5c5cc6c(cc54)-c4ccccc4C6(C)C)cc2C3)c2sc3ccccc3c21. The number of hydrogen-bond donors (Lipinski definition) is 0. The Labute approximate surface area is 290 Å². The van der Waals surface area contributed by atoms with Gasteiger partial charge < -0.3 is 4.57 Å². The highest BCUT2D eigenvalue weighted by molar-refractivity contribution is 7.20. The molecule has 1 unspecified atom stereocenters. The van der Waals surface area contributed by atoms with Crippen molar-refractivity contribution < 1.29 is 0 Å². The standard InChI is InChI=1S/C47H35NS/c1-27-16-20-33(46-45(27)36-12-6-9-15-44(36)49-46)29-18-17-28-22-30-23-31(19-21-32(30)37(28)24-29)48-42-14-8-5-11-35(42)39-25-41-38(26-43(39)48)34-10-4-7-13-40(34)47(41,2)3/h4-15,17-21,23-27H,16,22H2,1-3H3. The number of benzene rings is 6. The quantitative estimate of drug-likeness (QED) is 0.176. The summed E-state index contributed by atoms with van der Waals surface area (Å²) in [6, 6.07) is 46.2. The van der Waals surface area contributed by atoms with Gasteiger partial charge in [-0.05, 0) is 128 Å².